The zero-order chi connectivity index (χ0) is 37.2. The van der Waals surface area contributed by atoms with E-state index in [0.29, 0.717) is 35.4 Å². The Bertz CT molecular complexity index is 1830. The Morgan fingerprint density at radius 2 is 1.88 bits per heavy atom. The van der Waals surface area contributed by atoms with Gasteiger partial charge in [0, 0.05) is 30.7 Å². The minimum atomic E-state index is -1.90. The molecule has 0 saturated carbocycles. The summed E-state index contributed by atoms with van der Waals surface area (Å²) in [4.78, 5) is 74.4. The Labute approximate surface area is 307 Å². The topological polar surface area (TPSA) is 280 Å². The number of nitrogens with zero attached hydrogens (tertiary/aromatic N) is 4. The van der Waals surface area contributed by atoms with Gasteiger partial charge >= 0.3 is 11.9 Å². The van der Waals surface area contributed by atoms with Gasteiger partial charge in [-0.3, -0.25) is 19.3 Å². The van der Waals surface area contributed by atoms with E-state index >= 15 is 0 Å². The summed E-state index contributed by atoms with van der Waals surface area (Å²) < 4.78 is 0.528. The number of benzene rings is 1. The number of aromatic nitrogens is 1. The molecule has 0 spiro atoms. The SMILES string of the molecule is NCC[N+]1(CC2=C(C(=O)O)N3C(=O)[C@@H](NC(=O)/C(=N\O[C@@H](CNC(=O)c4ccc(O)c(O)c4Cl)C(=O)O)c4nc(N)sc4Cl)[C@H]3SC2)CCCC1. The number of carboxylic acids is 2. The van der Waals surface area contributed by atoms with Crippen molar-refractivity contribution >= 4 is 86.8 Å². The van der Waals surface area contributed by atoms with Crippen LogP contribution < -0.4 is 22.1 Å². The summed E-state index contributed by atoms with van der Waals surface area (Å²) in [6.45, 7) is 2.55. The summed E-state index contributed by atoms with van der Waals surface area (Å²) in [6.07, 6.45) is 0.0897. The monoisotopic (exact) mass is 787 g/mol. The number of amides is 3. The maximum atomic E-state index is 13.6. The van der Waals surface area contributed by atoms with E-state index in [0.717, 1.165) is 54.3 Å². The van der Waals surface area contributed by atoms with Crippen LogP contribution in [0.15, 0.2) is 28.6 Å². The number of phenols is 2. The number of thioether (sulfide) groups is 1. The number of carboxylic acid groups (broad SMARTS) is 2. The fraction of sp³-hybridized carbons (Fsp3) is 0.414. The van der Waals surface area contributed by atoms with Crippen LogP contribution in [0.4, 0.5) is 5.13 Å². The molecule has 5 rings (SSSR count). The molecule has 0 radical (unpaired) electrons. The van der Waals surface area contributed by atoms with Crippen molar-refractivity contribution in [2.75, 3.05) is 50.8 Å². The minimum absolute atomic E-state index is 0.0721. The third-order valence-electron chi connectivity index (χ3n) is 8.56. The zero-order valence-corrected chi connectivity index (χ0v) is 29.6. The van der Waals surface area contributed by atoms with Crippen molar-refractivity contribution in [3.63, 3.8) is 0 Å². The lowest BCUT2D eigenvalue weighted by molar-refractivity contribution is -0.910. The van der Waals surface area contributed by atoms with Gasteiger partial charge in [-0.2, -0.15) is 0 Å². The van der Waals surface area contributed by atoms with Crippen molar-refractivity contribution in [2.24, 2.45) is 10.9 Å². The highest BCUT2D eigenvalue weighted by molar-refractivity contribution is 8.00. The van der Waals surface area contributed by atoms with E-state index in [1.165, 1.54) is 11.8 Å². The predicted molar refractivity (Wildman–Crippen MR) is 185 cm³/mol. The number of aliphatic carboxylic acids is 2. The first-order valence-electron chi connectivity index (χ1n) is 15.3. The van der Waals surface area contributed by atoms with Crippen LogP contribution in [0.25, 0.3) is 0 Å². The van der Waals surface area contributed by atoms with Gasteiger partial charge in [0.15, 0.2) is 22.3 Å². The maximum absolute atomic E-state index is 13.6. The van der Waals surface area contributed by atoms with Crippen LogP contribution in [-0.4, -0.2) is 133 Å². The molecule has 0 bridgehead atoms. The van der Waals surface area contributed by atoms with Crippen LogP contribution in [0.5, 0.6) is 11.5 Å². The molecule has 22 heteroatoms. The van der Waals surface area contributed by atoms with Crippen LogP contribution in [0.3, 0.4) is 0 Å². The van der Waals surface area contributed by atoms with Crippen molar-refractivity contribution < 1.29 is 53.7 Å². The number of nitrogens with two attached hydrogens (primary N) is 2. The molecule has 10 N–H and O–H groups in total. The van der Waals surface area contributed by atoms with Gasteiger partial charge in [-0.1, -0.05) is 39.7 Å². The number of phenolic OH excluding ortho intramolecular Hbond substituents is 2. The van der Waals surface area contributed by atoms with Gasteiger partial charge in [0.2, 0.25) is 6.10 Å². The fourth-order valence-corrected chi connectivity index (χ4v) is 8.62. The number of rotatable bonds is 14. The number of anilines is 1. The third-order valence-corrected chi connectivity index (χ3v) is 11.4. The molecule has 51 heavy (non-hydrogen) atoms. The fourth-order valence-electron chi connectivity index (χ4n) is 6.11. The number of hydrogen-bond donors (Lipinski definition) is 8. The minimum Gasteiger partial charge on any atom is -0.504 e. The number of likely N-dealkylation sites (tertiary alicyclic amines) is 1. The van der Waals surface area contributed by atoms with Gasteiger partial charge < -0.3 is 51.8 Å². The number of quaternary nitrogens is 1. The highest BCUT2D eigenvalue weighted by Gasteiger charge is 2.55. The number of carbonyl (C=O) groups is 5. The second-order valence-corrected chi connectivity index (χ2v) is 15.0. The molecule has 4 heterocycles. The number of halogens is 2. The van der Waals surface area contributed by atoms with Crippen molar-refractivity contribution in [3.05, 3.63) is 44.0 Å². The molecule has 1 aromatic carbocycles. The first-order valence-corrected chi connectivity index (χ1v) is 17.9. The molecule has 2 fully saturated rings. The summed E-state index contributed by atoms with van der Waals surface area (Å²) in [7, 11) is 0. The van der Waals surface area contributed by atoms with E-state index in [-0.39, 0.29) is 26.4 Å². The average molecular weight is 789 g/mol. The van der Waals surface area contributed by atoms with Gasteiger partial charge in [-0.25, -0.2) is 14.6 Å². The van der Waals surface area contributed by atoms with Crippen LogP contribution in [0.1, 0.15) is 28.9 Å². The second kappa shape index (κ2) is 15.5. The molecule has 2 aromatic rings. The van der Waals surface area contributed by atoms with Crippen molar-refractivity contribution in [2.45, 2.75) is 30.4 Å². The summed E-state index contributed by atoms with van der Waals surface area (Å²) >= 11 is 14.2. The number of thiazole rings is 1. The summed E-state index contributed by atoms with van der Waals surface area (Å²) in [5, 5.41) is 46.4. The lowest BCUT2D eigenvalue weighted by Gasteiger charge is -2.50. The zero-order valence-electron chi connectivity index (χ0n) is 26.5. The van der Waals surface area contributed by atoms with Crippen molar-refractivity contribution in [1.29, 1.82) is 0 Å². The number of aromatic hydroxyl groups is 2. The van der Waals surface area contributed by atoms with Crippen LogP contribution in [-0.2, 0) is 24.0 Å². The molecule has 18 nitrogen and oxygen atoms in total. The quantitative estimate of drug-likeness (QED) is 0.0422. The van der Waals surface area contributed by atoms with Crippen LogP contribution in [0, 0.1) is 0 Å². The molecule has 1 aromatic heterocycles. The number of fused-ring (bicyclic) bond motifs is 1. The smallest absolute Gasteiger partial charge is 0.352 e. The lowest BCUT2D eigenvalue weighted by Crippen LogP contribution is -2.71. The Hall–Kier alpha value is -4.34. The van der Waals surface area contributed by atoms with E-state index in [1.807, 2.05) is 0 Å². The lowest BCUT2D eigenvalue weighted by atomic mass is 10.0. The van der Waals surface area contributed by atoms with E-state index in [9.17, 15) is 44.4 Å². The number of oxime groups is 1. The second-order valence-electron chi connectivity index (χ2n) is 11.8. The van der Waals surface area contributed by atoms with Gasteiger partial charge in [0.05, 0.1) is 36.8 Å². The standard InChI is InChI=1S/C29H32Cl2N8O10S2/c30-16-13(3-4-14(40)21(16)41)23(42)34-9-15(27(45)46)49-37-18(17-22(31)51-29(33)36-17)24(43)35-19-25(44)38-20(28(47)48)12(11-50-26(19)38)10-39(8-5-32)6-1-2-7-39/h3-4,15,19,26H,1-2,5-11,32H2,(H7-,33,34,35,36,37,40,41,42,43,45,46,47,48)/p+1/t15-,19+,26+/m0/s1. The largest absolute Gasteiger partial charge is 0.504 e. The number of carbonyl (C=O) groups excluding carboxylic acids is 3. The van der Waals surface area contributed by atoms with Crippen LogP contribution in [0.2, 0.25) is 9.36 Å². The average Bonchev–Trinajstić information content (AvgIpc) is 3.68. The highest BCUT2D eigenvalue weighted by atomic mass is 35.5. The van der Waals surface area contributed by atoms with Gasteiger partial charge in [-0.05, 0) is 12.1 Å². The van der Waals surface area contributed by atoms with E-state index < -0.39 is 76.0 Å². The molecule has 3 aliphatic rings. The molecule has 3 atom stereocenters. The maximum Gasteiger partial charge on any atom is 0.352 e. The van der Waals surface area contributed by atoms with Crippen molar-refractivity contribution in [3.8, 4) is 11.5 Å². The Balaban J connectivity index is 1.33. The molecule has 0 aliphatic carbocycles. The van der Waals surface area contributed by atoms with E-state index in [1.54, 1.807) is 0 Å². The number of nitrogen functional groups attached to an aromatic ring is 1. The number of β-lactam (4-membered cyclic amide) rings is 1. The van der Waals surface area contributed by atoms with Crippen LogP contribution >= 0.6 is 46.3 Å². The van der Waals surface area contributed by atoms with Gasteiger partial charge in [0.25, 0.3) is 17.7 Å². The molecule has 274 valence electrons. The molecule has 3 amide bonds. The molecule has 2 saturated heterocycles. The summed E-state index contributed by atoms with van der Waals surface area (Å²) in [5.74, 6) is -6.60. The molecule has 0 unspecified atom stereocenters. The number of nitrogens with one attached hydrogen (secondary N) is 2. The first-order chi connectivity index (χ1) is 24.2. The highest BCUT2D eigenvalue weighted by Crippen LogP contribution is 2.42. The first kappa shape index (κ1) is 37.9. The normalized spacial score (nSPS) is 20.3. The Kier molecular flexibility index (Phi) is 11.5. The predicted octanol–water partition coefficient (Wildman–Crippen LogP) is 0.355. The van der Waals surface area contributed by atoms with Gasteiger partial charge in [0.1, 0.15) is 33.7 Å². The Morgan fingerprint density at radius 1 is 1.18 bits per heavy atom. The summed E-state index contributed by atoms with van der Waals surface area (Å²) in [5.41, 5.74) is 10.9. The number of hydrogen-bond acceptors (Lipinski definition) is 14. The van der Waals surface area contributed by atoms with Crippen molar-refractivity contribution in [1.82, 2.24) is 20.5 Å². The molecular weight excluding hydrogens is 755 g/mol. The molecule has 3 aliphatic heterocycles. The third kappa shape index (κ3) is 7.80. The summed E-state index contributed by atoms with van der Waals surface area (Å²) in [6, 6.07) is 0.900. The van der Waals surface area contributed by atoms with E-state index in [4.69, 9.17) is 39.5 Å². The van der Waals surface area contributed by atoms with E-state index in [2.05, 4.69) is 20.8 Å². The van der Waals surface area contributed by atoms with Gasteiger partial charge in [-0.15, -0.1) is 11.8 Å². The Morgan fingerprint density at radius 3 is 2.49 bits per heavy atom. The molecular formula is C29H33Cl2N8O10S2+.